The molecule has 1 unspecified atom stereocenters. The van der Waals surface area contributed by atoms with E-state index in [1.807, 2.05) is 42.2 Å². The first-order valence-electron chi connectivity index (χ1n) is 10.2. The number of H-pyrrole nitrogens is 1. The first-order chi connectivity index (χ1) is 14.2. The summed E-state index contributed by atoms with van der Waals surface area (Å²) in [5.74, 6) is 0.550. The molecule has 0 spiro atoms. The molecule has 1 amide bonds. The van der Waals surface area contributed by atoms with Crippen LogP contribution in [0.5, 0.6) is 5.75 Å². The van der Waals surface area contributed by atoms with Crippen LogP contribution in [0.25, 0.3) is 11.0 Å². The van der Waals surface area contributed by atoms with Gasteiger partial charge >= 0.3 is 0 Å². The molecule has 3 aromatic rings. The lowest BCUT2D eigenvalue weighted by atomic mass is 9.95. The molecular formula is C23H25N3O3. The minimum atomic E-state index is -0.434. The normalized spacial score (nSPS) is 16.7. The van der Waals surface area contributed by atoms with Gasteiger partial charge in [-0.05, 0) is 62.4 Å². The van der Waals surface area contributed by atoms with Crippen LogP contribution in [0.2, 0.25) is 0 Å². The molecule has 0 saturated carbocycles. The Balaban J connectivity index is 1.60. The van der Waals surface area contributed by atoms with Gasteiger partial charge in [-0.2, -0.15) is 0 Å². The SMILES string of the molecule is CCOc1cccc(CC2CCCCN2C(=O)c2nc3ccccc3[nH]c2=O)c1. The molecule has 1 aromatic heterocycles. The van der Waals surface area contributed by atoms with E-state index in [-0.39, 0.29) is 17.6 Å². The van der Waals surface area contributed by atoms with Crippen LogP contribution in [0.1, 0.15) is 42.2 Å². The second kappa shape index (κ2) is 8.47. The maximum absolute atomic E-state index is 13.3. The number of ether oxygens (including phenoxy) is 1. The summed E-state index contributed by atoms with van der Waals surface area (Å²) in [5.41, 5.74) is 1.92. The number of nitrogens with one attached hydrogen (secondary N) is 1. The number of nitrogens with zero attached hydrogens (tertiary/aromatic N) is 2. The lowest BCUT2D eigenvalue weighted by Crippen LogP contribution is -2.46. The van der Waals surface area contributed by atoms with Crippen molar-refractivity contribution in [2.24, 2.45) is 0 Å². The standard InChI is InChI=1S/C23H25N3O3/c1-2-29-18-10-7-8-16(15-18)14-17-9-5-6-13-26(17)23(28)21-22(27)25-20-12-4-3-11-19(20)24-21/h3-4,7-8,10-12,15,17H,2,5-6,9,13-14H2,1H3,(H,25,27). The van der Waals surface area contributed by atoms with Crippen LogP contribution in [0.15, 0.2) is 53.3 Å². The summed E-state index contributed by atoms with van der Waals surface area (Å²) in [6.45, 7) is 3.22. The van der Waals surface area contributed by atoms with E-state index in [0.29, 0.717) is 24.2 Å². The van der Waals surface area contributed by atoms with Crippen molar-refractivity contribution >= 4 is 16.9 Å². The second-order valence-electron chi connectivity index (χ2n) is 7.36. The summed E-state index contributed by atoms with van der Waals surface area (Å²) in [4.78, 5) is 34.7. The number of carbonyl (C=O) groups is 1. The van der Waals surface area contributed by atoms with Crippen molar-refractivity contribution in [3.63, 3.8) is 0 Å². The van der Waals surface area contributed by atoms with E-state index in [9.17, 15) is 9.59 Å². The maximum Gasteiger partial charge on any atom is 0.280 e. The van der Waals surface area contributed by atoms with Crippen molar-refractivity contribution in [1.82, 2.24) is 14.9 Å². The van der Waals surface area contributed by atoms with E-state index in [1.165, 1.54) is 0 Å². The molecule has 1 fully saturated rings. The Labute approximate surface area is 169 Å². The number of carbonyl (C=O) groups excluding carboxylic acids is 1. The molecule has 0 radical (unpaired) electrons. The van der Waals surface area contributed by atoms with Crippen molar-refractivity contribution in [1.29, 1.82) is 0 Å². The number of aromatic nitrogens is 2. The predicted octanol–water partition coefficient (Wildman–Crippen LogP) is 3.56. The van der Waals surface area contributed by atoms with E-state index in [1.54, 1.807) is 12.1 Å². The zero-order valence-electron chi connectivity index (χ0n) is 16.6. The Morgan fingerprint density at radius 3 is 2.93 bits per heavy atom. The van der Waals surface area contributed by atoms with Gasteiger partial charge in [0, 0.05) is 12.6 Å². The lowest BCUT2D eigenvalue weighted by molar-refractivity contribution is 0.0606. The highest BCUT2D eigenvalue weighted by atomic mass is 16.5. The van der Waals surface area contributed by atoms with E-state index in [2.05, 4.69) is 16.0 Å². The van der Waals surface area contributed by atoms with E-state index >= 15 is 0 Å². The van der Waals surface area contributed by atoms with Crippen LogP contribution in [0, 0.1) is 0 Å². The summed E-state index contributed by atoms with van der Waals surface area (Å²) >= 11 is 0. The third-order valence-electron chi connectivity index (χ3n) is 5.37. The van der Waals surface area contributed by atoms with Gasteiger partial charge in [-0.1, -0.05) is 24.3 Å². The Morgan fingerprint density at radius 1 is 1.21 bits per heavy atom. The summed E-state index contributed by atoms with van der Waals surface area (Å²) in [6, 6.07) is 15.3. The number of rotatable bonds is 5. The molecule has 1 N–H and O–H groups in total. The van der Waals surface area contributed by atoms with Gasteiger partial charge in [-0.3, -0.25) is 9.59 Å². The molecule has 2 heterocycles. The molecule has 2 aromatic carbocycles. The minimum Gasteiger partial charge on any atom is -0.494 e. The molecule has 4 rings (SSSR count). The number of para-hydroxylation sites is 2. The van der Waals surface area contributed by atoms with Crippen LogP contribution in [-0.2, 0) is 6.42 Å². The van der Waals surface area contributed by atoms with Crippen LogP contribution < -0.4 is 10.3 Å². The van der Waals surface area contributed by atoms with Crippen molar-refractivity contribution < 1.29 is 9.53 Å². The third-order valence-corrected chi connectivity index (χ3v) is 5.37. The number of benzene rings is 2. The first-order valence-corrected chi connectivity index (χ1v) is 10.2. The number of likely N-dealkylation sites (tertiary alicyclic amines) is 1. The van der Waals surface area contributed by atoms with E-state index in [0.717, 1.165) is 37.0 Å². The molecule has 0 bridgehead atoms. The third kappa shape index (κ3) is 4.16. The van der Waals surface area contributed by atoms with Crippen molar-refractivity contribution in [3.8, 4) is 5.75 Å². The van der Waals surface area contributed by atoms with E-state index < -0.39 is 5.56 Å². The predicted molar refractivity (Wildman–Crippen MR) is 112 cm³/mol. The van der Waals surface area contributed by atoms with Gasteiger partial charge in [-0.25, -0.2) is 4.98 Å². The molecule has 0 aliphatic carbocycles. The van der Waals surface area contributed by atoms with Crippen LogP contribution in [0.4, 0.5) is 0 Å². The van der Waals surface area contributed by atoms with Gasteiger partial charge in [0.15, 0.2) is 5.69 Å². The largest absolute Gasteiger partial charge is 0.494 e. The van der Waals surface area contributed by atoms with Crippen molar-refractivity contribution in [2.75, 3.05) is 13.2 Å². The second-order valence-corrected chi connectivity index (χ2v) is 7.36. The highest BCUT2D eigenvalue weighted by Crippen LogP contribution is 2.24. The minimum absolute atomic E-state index is 0.0290. The fourth-order valence-corrected chi connectivity index (χ4v) is 3.99. The molecule has 29 heavy (non-hydrogen) atoms. The topological polar surface area (TPSA) is 75.3 Å². The van der Waals surface area contributed by atoms with Gasteiger partial charge in [0.05, 0.1) is 17.6 Å². The zero-order chi connectivity index (χ0) is 20.2. The molecule has 150 valence electrons. The molecule has 1 saturated heterocycles. The fraction of sp³-hybridized carbons (Fsp3) is 0.348. The average Bonchev–Trinajstić information content (AvgIpc) is 2.74. The number of aromatic amines is 1. The lowest BCUT2D eigenvalue weighted by Gasteiger charge is -2.35. The molecule has 6 heteroatoms. The van der Waals surface area contributed by atoms with Crippen LogP contribution >= 0.6 is 0 Å². The number of piperidine rings is 1. The Hall–Kier alpha value is -3.15. The summed E-state index contributed by atoms with van der Waals surface area (Å²) in [5, 5.41) is 0. The summed E-state index contributed by atoms with van der Waals surface area (Å²) in [7, 11) is 0. The molecule has 6 nitrogen and oxygen atoms in total. The first kappa shape index (κ1) is 19.2. The smallest absolute Gasteiger partial charge is 0.280 e. The van der Waals surface area contributed by atoms with Gasteiger partial charge in [0.25, 0.3) is 11.5 Å². The Kier molecular flexibility index (Phi) is 5.60. The van der Waals surface area contributed by atoms with Gasteiger partial charge < -0.3 is 14.6 Å². The summed E-state index contributed by atoms with van der Waals surface area (Å²) < 4.78 is 5.60. The highest BCUT2D eigenvalue weighted by Gasteiger charge is 2.30. The monoisotopic (exact) mass is 391 g/mol. The Bertz CT molecular complexity index is 1080. The molecule has 1 aliphatic rings. The highest BCUT2D eigenvalue weighted by molar-refractivity contribution is 5.94. The van der Waals surface area contributed by atoms with Gasteiger partial charge in [0.1, 0.15) is 5.75 Å². The van der Waals surface area contributed by atoms with Crippen molar-refractivity contribution in [2.45, 2.75) is 38.6 Å². The Morgan fingerprint density at radius 2 is 2.07 bits per heavy atom. The molecular weight excluding hydrogens is 366 g/mol. The fourth-order valence-electron chi connectivity index (χ4n) is 3.99. The number of hydrogen-bond acceptors (Lipinski definition) is 4. The summed E-state index contributed by atoms with van der Waals surface area (Å²) in [6.07, 6.45) is 3.65. The van der Waals surface area contributed by atoms with Crippen LogP contribution in [0.3, 0.4) is 0 Å². The zero-order valence-corrected chi connectivity index (χ0v) is 16.6. The van der Waals surface area contributed by atoms with Gasteiger partial charge in [0.2, 0.25) is 0 Å². The van der Waals surface area contributed by atoms with E-state index in [4.69, 9.17) is 4.74 Å². The van der Waals surface area contributed by atoms with Crippen LogP contribution in [-0.4, -0.2) is 40.0 Å². The number of amides is 1. The average molecular weight is 391 g/mol. The number of fused-ring (bicyclic) bond motifs is 1. The quantitative estimate of drug-likeness (QED) is 0.722. The molecule has 1 aliphatic heterocycles. The number of hydrogen-bond donors (Lipinski definition) is 1. The van der Waals surface area contributed by atoms with Crippen molar-refractivity contribution in [3.05, 3.63) is 70.1 Å². The molecule has 1 atom stereocenters. The van der Waals surface area contributed by atoms with Gasteiger partial charge in [-0.15, -0.1) is 0 Å². The maximum atomic E-state index is 13.3.